The molecule has 0 saturated heterocycles. The van der Waals surface area contributed by atoms with Crippen molar-refractivity contribution in [3.8, 4) is 11.4 Å². The zero-order valence-corrected chi connectivity index (χ0v) is 11.1. The van der Waals surface area contributed by atoms with Gasteiger partial charge in [-0.1, -0.05) is 18.2 Å². The molecule has 1 heterocycles. The average Bonchev–Trinajstić information content (AvgIpc) is 2.79. The molecule has 0 aliphatic carbocycles. The highest BCUT2D eigenvalue weighted by Gasteiger charge is 2.17. The van der Waals surface area contributed by atoms with Gasteiger partial charge in [-0.05, 0) is 24.3 Å². The lowest BCUT2D eigenvalue weighted by Gasteiger charge is -2.07. The monoisotopic (exact) mass is 284 g/mol. The van der Waals surface area contributed by atoms with Crippen LogP contribution in [-0.4, -0.2) is 15.5 Å². The number of hydrogen-bond donors (Lipinski definition) is 2. The number of benzene rings is 2. The van der Waals surface area contributed by atoms with Crippen LogP contribution < -0.4 is 11.5 Å². The summed E-state index contributed by atoms with van der Waals surface area (Å²) in [7, 11) is 0. The molecule has 0 bridgehead atoms. The number of aromatic nitrogens is 2. The number of para-hydroxylation sites is 1. The van der Waals surface area contributed by atoms with Crippen molar-refractivity contribution in [3.63, 3.8) is 0 Å². The van der Waals surface area contributed by atoms with Gasteiger partial charge >= 0.3 is 0 Å². The molecule has 106 valence electrons. The Labute approximate surface area is 120 Å². The van der Waals surface area contributed by atoms with Gasteiger partial charge in [-0.15, -0.1) is 0 Å². The van der Waals surface area contributed by atoms with Crippen molar-refractivity contribution in [3.05, 3.63) is 48.3 Å². The highest BCUT2D eigenvalue weighted by Crippen LogP contribution is 2.29. The summed E-state index contributed by atoms with van der Waals surface area (Å²) in [5.74, 6) is -0.619. The normalized spacial score (nSPS) is 10.9. The lowest BCUT2D eigenvalue weighted by Crippen LogP contribution is -2.19. The fraction of sp³-hybridized carbons (Fsp3) is 0.0667. The topological polar surface area (TPSA) is 86.9 Å². The molecule has 4 N–H and O–H groups in total. The van der Waals surface area contributed by atoms with E-state index in [-0.39, 0.29) is 6.54 Å². The Morgan fingerprint density at radius 1 is 1.19 bits per heavy atom. The number of carbonyl (C=O) groups excluding carboxylic acids is 1. The SMILES string of the molecule is NC(=O)Cn1c(-c2ccccc2F)nc2c(N)cccc21. The van der Waals surface area contributed by atoms with Crippen molar-refractivity contribution in [1.82, 2.24) is 9.55 Å². The van der Waals surface area contributed by atoms with Gasteiger partial charge in [-0.25, -0.2) is 9.37 Å². The van der Waals surface area contributed by atoms with Gasteiger partial charge in [-0.2, -0.15) is 0 Å². The van der Waals surface area contributed by atoms with Crippen LogP contribution >= 0.6 is 0 Å². The Morgan fingerprint density at radius 2 is 1.95 bits per heavy atom. The second-order valence-electron chi connectivity index (χ2n) is 4.68. The summed E-state index contributed by atoms with van der Waals surface area (Å²) in [4.78, 5) is 15.7. The summed E-state index contributed by atoms with van der Waals surface area (Å²) in [5.41, 5.74) is 13.1. The van der Waals surface area contributed by atoms with Crippen molar-refractivity contribution in [1.29, 1.82) is 0 Å². The summed E-state index contributed by atoms with van der Waals surface area (Å²) < 4.78 is 15.6. The van der Waals surface area contributed by atoms with E-state index in [4.69, 9.17) is 11.5 Å². The van der Waals surface area contributed by atoms with E-state index in [9.17, 15) is 9.18 Å². The molecular weight excluding hydrogens is 271 g/mol. The first kappa shape index (κ1) is 13.1. The molecule has 6 heteroatoms. The maximum atomic E-state index is 14.0. The number of amides is 1. The zero-order chi connectivity index (χ0) is 15.0. The molecule has 0 atom stereocenters. The van der Waals surface area contributed by atoms with E-state index in [1.54, 1.807) is 41.0 Å². The molecule has 0 fully saturated rings. The molecule has 1 amide bonds. The van der Waals surface area contributed by atoms with Gasteiger partial charge in [0.1, 0.15) is 23.7 Å². The average molecular weight is 284 g/mol. The molecule has 0 unspecified atom stereocenters. The third-order valence-corrected chi connectivity index (χ3v) is 3.24. The van der Waals surface area contributed by atoms with Gasteiger partial charge in [0.15, 0.2) is 0 Å². The van der Waals surface area contributed by atoms with Gasteiger partial charge in [0, 0.05) is 0 Å². The number of anilines is 1. The second-order valence-corrected chi connectivity index (χ2v) is 4.68. The maximum Gasteiger partial charge on any atom is 0.237 e. The second kappa shape index (κ2) is 4.90. The van der Waals surface area contributed by atoms with Crippen molar-refractivity contribution >= 4 is 22.6 Å². The minimum Gasteiger partial charge on any atom is -0.397 e. The van der Waals surface area contributed by atoms with Crippen LogP contribution in [-0.2, 0) is 11.3 Å². The lowest BCUT2D eigenvalue weighted by atomic mass is 10.2. The van der Waals surface area contributed by atoms with E-state index >= 15 is 0 Å². The predicted octanol–water partition coefficient (Wildman–Crippen LogP) is 1.91. The van der Waals surface area contributed by atoms with Crippen LogP contribution in [0.5, 0.6) is 0 Å². The molecule has 0 saturated carbocycles. The van der Waals surface area contributed by atoms with E-state index in [1.165, 1.54) is 6.07 Å². The summed E-state index contributed by atoms with van der Waals surface area (Å²) in [6.45, 7) is -0.0936. The molecule has 0 aliphatic heterocycles. The molecule has 3 aromatic rings. The van der Waals surface area contributed by atoms with Crippen molar-refractivity contribution in [2.24, 2.45) is 5.73 Å². The summed E-state index contributed by atoms with van der Waals surface area (Å²) >= 11 is 0. The predicted molar refractivity (Wildman–Crippen MR) is 78.7 cm³/mol. The Morgan fingerprint density at radius 3 is 2.67 bits per heavy atom. The number of fused-ring (bicyclic) bond motifs is 1. The molecule has 2 aromatic carbocycles. The van der Waals surface area contributed by atoms with Gasteiger partial charge in [0.2, 0.25) is 5.91 Å². The van der Waals surface area contributed by atoms with Gasteiger partial charge in [0.05, 0.1) is 16.8 Å². The van der Waals surface area contributed by atoms with Gasteiger partial charge in [0.25, 0.3) is 0 Å². The van der Waals surface area contributed by atoms with E-state index in [0.29, 0.717) is 28.1 Å². The molecule has 3 rings (SSSR count). The number of halogens is 1. The van der Waals surface area contributed by atoms with Gasteiger partial charge in [-0.3, -0.25) is 4.79 Å². The lowest BCUT2D eigenvalue weighted by molar-refractivity contribution is -0.118. The summed E-state index contributed by atoms with van der Waals surface area (Å²) in [5, 5.41) is 0. The van der Waals surface area contributed by atoms with Crippen LogP contribution in [0.15, 0.2) is 42.5 Å². The first-order valence-corrected chi connectivity index (χ1v) is 6.36. The number of nitrogens with zero attached hydrogens (tertiary/aromatic N) is 2. The third kappa shape index (κ3) is 2.20. The van der Waals surface area contributed by atoms with Crippen molar-refractivity contribution in [2.45, 2.75) is 6.54 Å². The van der Waals surface area contributed by atoms with Gasteiger partial charge < -0.3 is 16.0 Å². The number of primary amides is 1. The minimum atomic E-state index is -0.533. The number of hydrogen-bond acceptors (Lipinski definition) is 3. The number of imidazole rings is 1. The fourth-order valence-corrected chi connectivity index (χ4v) is 2.33. The molecule has 0 aliphatic rings. The highest BCUT2D eigenvalue weighted by atomic mass is 19.1. The first-order chi connectivity index (χ1) is 10.1. The number of carbonyl (C=O) groups is 1. The van der Waals surface area contributed by atoms with Crippen molar-refractivity contribution in [2.75, 3.05) is 5.73 Å². The summed E-state index contributed by atoms with van der Waals surface area (Å²) in [6, 6.07) is 11.5. The first-order valence-electron chi connectivity index (χ1n) is 6.36. The molecule has 0 radical (unpaired) electrons. The number of rotatable bonds is 3. The Kier molecular flexibility index (Phi) is 3.06. The smallest absolute Gasteiger partial charge is 0.237 e. The van der Waals surface area contributed by atoms with Crippen LogP contribution in [0.4, 0.5) is 10.1 Å². The van der Waals surface area contributed by atoms with Crippen LogP contribution in [0.2, 0.25) is 0 Å². The standard InChI is InChI=1S/C15H13FN4O/c16-10-5-2-1-4-9(10)15-19-14-11(17)6-3-7-12(14)20(15)8-13(18)21/h1-7H,8,17H2,(H2,18,21). The van der Waals surface area contributed by atoms with Crippen LogP contribution in [0.3, 0.4) is 0 Å². The molecular formula is C15H13FN4O. The van der Waals surface area contributed by atoms with E-state index < -0.39 is 11.7 Å². The van der Waals surface area contributed by atoms with Crippen molar-refractivity contribution < 1.29 is 9.18 Å². The maximum absolute atomic E-state index is 14.0. The van der Waals surface area contributed by atoms with E-state index in [1.807, 2.05) is 0 Å². The Hall–Kier alpha value is -2.89. The molecule has 5 nitrogen and oxygen atoms in total. The quantitative estimate of drug-likeness (QED) is 0.720. The fourth-order valence-electron chi connectivity index (χ4n) is 2.33. The third-order valence-electron chi connectivity index (χ3n) is 3.24. The minimum absolute atomic E-state index is 0.0936. The largest absolute Gasteiger partial charge is 0.397 e. The molecule has 0 spiro atoms. The Balaban J connectivity index is 2.33. The molecule has 1 aromatic heterocycles. The summed E-state index contributed by atoms with van der Waals surface area (Å²) in [6.07, 6.45) is 0. The highest BCUT2D eigenvalue weighted by molar-refractivity contribution is 5.91. The molecule has 21 heavy (non-hydrogen) atoms. The van der Waals surface area contributed by atoms with E-state index in [2.05, 4.69) is 4.98 Å². The zero-order valence-electron chi connectivity index (χ0n) is 11.1. The number of nitrogen functional groups attached to an aromatic ring is 1. The van der Waals surface area contributed by atoms with Crippen LogP contribution in [0.1, 0.15) is 0 Å². The number of nitrogens with two attached hydrogens (primary N) is 2. The van der Waals surface area contributed by atoms with E-state index in [0.717, 1.165) is 0 Å². The Bertz CT molecular complexity index is 841. The van der Waals surface area contributed by atoms with Crippen LogP contribution in [0.25, 0.3) is 22.4 Å². The van der Waals surface area contributed by atoms with Crippen LogP contribution in [0, 0.1) is 5.82 Å².